The number of carbonyl (C=O) groups excluding carboxylic acids is 1. The molecule has 0 bridgehead atoms. The van der Waals surface area contributed by atoms with E-state index in [-0.39, 0.29) is 5.91 Å². The summed E-state index contributed by atoms with van der Waals surface area (Å²) >= 11 is 0. The van der Waals surface area contributed by atoms with E-state index in [9.17, 15) is 4.79 Å². The number of H-pyrrole nitrogens is 1. The van der Waals surface area contributed by atoms with Gasteiger partial charge in [-0.1, -0.05) is 30.3 Å². The monoisotopic (exact) mass is 294 g/mol. The maximum absolute atomic E-state index is 12.1. The van der Waals surface area contributed by atoms with Gasteiger partial charge in [0.05, 0.1) is 18.3 Å². The second kappa shape index (κ2) is 6.41. The molecule has 0 atom stereocenters. The quantitative estimate of drug-likeness (QED) is 0.760. The van der Waals surface area contributed by atoms with E-state index >= 15 is 0 Å². The number of amides is 1. The summed E-state index contributed by atoms with van der Waals surface area (Å²) in [5.74, 6) is -0.0266. The molecule has 2 N–H and O–H groups in total. The first-order valence-corrected chi connectivity index (χ1v) is 7.16. The average molecular weight is 294 g/mol. The van der Waals surface area contributed by atoms with Crippen molar-refractivity contribution >= 4 is 22.5 Å². The smallest absolute Gasteiger partial charge is 0.238 e. The fourth-order valence-corrected chi connectivity index (χ4v) is 2.42. The van der Waals surface area contributed by atoms with Crippen LogP contribution in [0, 0.1) is 0 Å². The van der Waals surface area contributed by atoms with Gasteiger partial charge in [-0.25, -0.2) is 0 Å². The van der Waals surface area contributed by atoms with Gasteiger partial charge >= 0.3 is 0 Å². The molecule has 3 rings (SSSR count). The molecule has 5 heteroatoms. The first-order chi connectivity index (χ1) is 10.7. The van der Waals surface area contributed by atoms with E-state index < -0.39 is 0 Å². The first-order valence-electron chi connectivity index (χ1n) is 7.16. The largest absolute Gasteiger partial charge is 0.325 e. The van der Waals surface area contributed by atoms with Crippen LogP contribution < -0.4 is 5.32 Å². The topological polar surface area (TPSA) is 61.0 Å². The highest BCUT2D eigenvalue weighted by Crippen LogP contribution is 2.16. The Morgan fingerprint density at radius 3 is 2.86 bits per heavy atom. The highest BCUT2D eigenvalue weighted by Gasteiger charge is 2.08. The lowest BCUT2D eigenvalue weighted by atomic mass is 10.2. The van der Waals surface area contributed by atoms with Crippen molar-refractivity contribution in [1.82, 2.24) is 15.1 Å². The summed E-state index contributed by atoms with van der Waals surface area (Å²) in [7, 11) is 1.94. The zero-order valence-corrected chi connectivity index (χ0v) is 12.4. The van der Waals surface area contributed by atoms with Crippen molar-refractivity contribution in [3.05, 3.63) is 60.3 Å². The zero-order chi connectivity index (χ0) is 15.4. The molecule has 22 heavy (non-hydrogen) atoms. The predicted octanol–water partition coefficient (Wildman–Crippen LogP) is 2.63. The Morgan fingerprint density at radius 2 is 2.05 bits per heavy atom. The molecule has 2 aromatic carbocycles. The molecule has 0 aliphatic heterocycles. The normalized spacial score (nSPS) is 11.0. The minimum absolute atomic E-state index is 0.0266. The van der Waals surface area contributed by atoms with Crippen molar-refractivity contribution in [2.24, 2.45) is 0 Å². The summed E-state index contributed by atoms with van der Waals surface area (Å²) in [5, 5.41) is 10.8. The van der Waals surface area contributed by atoms with Crippen molar-refractivity contribution < 1.29 is 4.79 Å². The number of likely N-dealkylation sites (N-methyl/N-ethyl adjacent to an activating group) is 1. The van der Waals surface area contributed by atoms with E-state index in [0.717, 1.165) is 23.1 Å². The summed E-state index contributed by atoms with van der Waals surface area (Å²) < 4.78 is 0. The zero-order valence-electron chi connectivity index (χ0n) is 12.4. The predicted molar refractivity (Wildman–Crippen MR) is 87.5 cm³/mol. The number of hydrogen-bond donors (Lipinski definition) is 2. The number of nitrogens with zero attached hydrogens (tertiary/aromatic N) is 2. The van der Waals surface area contributed by atoms with E-state index in [4.69, 9.17) is 0 Å². The van der Waals surface area contributed by atoms with Crippen LogP contribution in [0.5, 0.6) is 0 Å². The minimum atomic E-state index is -0.0266. The second-order valence-electron chi connectivity index (χ2n) is 5.38. The van der Waals surface area contributed by atoms with Crippen LogP contribution >= 0.6 is 0 Å². The van der Waals surface area contributed by atoms with Crippen molar-refractivity contribution in [1.29, 1.82) is 0 Å². The Kier molecular flexibility index (Phi) is 4.16. The molecule has 0 fully saturated rings. The molecular formula is C17H18N4O. The van der Waals surface area contributed by atoms with Gasteiger partial charge in [-0.2, -0.15) is 5.10 Å². The first kappa shape index (κ1) is 14.3. The number of benzene rings is 2. The Labute approximate surface area is 128 Å². The van der Waals surface area contributed by atoms with Crippen molar-refractivity contribution in [3.63, 3.8) is 0 Å². The van der Waals surface area contributed by atoms with Gasteiger partial charge < -0.3 is 5.32 Å². The van der Waals surface area contributed by atoms with Crippen LogP contribution in [0.15, 0.2) is 54.7 Å². The Bertz CT molecular complexity index is 766. The molecule has 3 aromatic rings. The standard InChI is InChI=1S/C17H18N4O/c1-21(11-13-5-3-2-4-6-13)12-17(22)19-15-7-8-16-14(9-15)10-18-20-16/h2-10H,11-12H2,1H3,(H,18,20)(H,19,22). The van der Waals surface area contributed by atoms with Crippen LogP contribution in [0.4, 0.5) is 5.69 Å². The molecule has 0 unspecified atom stereocenters. The molecule has 0 aliphatic carbocycles. The number of nitrogens with one attached hydrogen (secondary N) is 2. The lowest BCUT2D eigenvalue weighted by Gasteiger charge is -2.16. The maximum atomic E-state index is 12.1. The maximum Gasteiger partial charge on any atom is 0.238 e. The molecule has 1 heterocycles. The molecule has 0 radical (unpaired) electrons. The lowest BCUT2D eigenvalue weighted by Crippen LogP contribution is -2.29. The van der Waals surface area contributed by atoms with E-state index in [1.54, 1.807) is 6.20 Å². The van der Waals surface area contributed by atoms with Crippen LogP contribution in [-0.2, 0) is 11.3 Å². The van der Waals surface area contributed by atoms with Crippen LogP contribution in [0.25, 0.3) is 10.9 Å². The summed E-state index contributed by atoms with van der Waals surface area (Å²) in [4.78, 5) is 14.1. The lowest BCUT2D eigenvalue weighted by molar-refractivity contribution is -0.117. The highest BCUT2D eigenvalue weighted by molar-refractivity contribution is 5.94. The number of rotatable bonds is 5. The van der Waals surface area contributed by atoms with Crippen LogP contribution in [-0.4, -0.2) is 34.6 Å². The van der Waals surface area contributed by atoms with Gasteiger partial charge in [0.1, 0.15) is 0 Å². The number of aromatic nitrogens is 2. The van der Waals surface area contributed by atoms with E-state index in [2.05, 4.69) is 27.6 Å². The average Bonchev–Trinajstić information content (AvgIpc) is 2.95. The van der Waals surface area contributed by atoms with E-state index in [0.29, 0.717) is 6.54 Å². The molecule has 1 aromatic heterocycles. The van der Waals surface area contributed by atoms with Gasteiger partial charge in [-0.3, -0.25) is 14.8 Å². The van der Waals surface area contributed by atoms with Gasteiger partial charge in [0.15, 0.2) is 0 Å². The van der Waals surface area contributed by atoms with E-state index in [1.165, 1.54) is 5.56 Å². The molecule has 0 spiro atoms. The van der Waals surface area contributed by atoms with Crippen LogP contribution in [0.3, 0.4) is 0 Å². The van der Waals surface area contributed by atoms with Crippen molar-refractivity contribution in [3.8, 4) is 0 Å². The van der Waals surface area contributed by atoms with Crippen LogP contribution in [0.2, 0.25) is 0 Å². The number of aromatic amines is 1. The number of hydrogen-bond acceptors (Lipinski definition) is 3. The molecule has 0 saturated heterocycles. The van der Waals surface area contributed by atoms with Gasteiger partial charge in [0.25, 0.3) is 0 Å². The molecule has 112 valence electrons. The summed E-state index contributed by atoms with van der Waals surface area (Å²) in [5.41, 5.74) is 2.93. The third-order valence-corrected chi connectivity index (χ3v) is 3.43. The fraction of sp³-hybridized carbons (Fsp3) is 0.176. The van der Waals surface area contributed by atoms with Crippen molar-refractivity contribution in [2.45, 2.75) is 6.54 Å². The van der Waals surface area contributed by atoms with E-state index in [1.807, 2.05) is 48.3 Å². The molecule has 5 nitrogen and oxygen atoms in total. The number of carbonyl (C=O) groups is 1. The number of fused-ring (bicyclic) bond motifs is 1. The third-order valence-electron chi connectivity index (χ3n) is 3.43. The second-order valence-corrected chi connectivity index (χ2v) is 5.38. The van der Waals surface area contributed by atoms with Gasteiger partial charge in [0, 0.05) is 17.6 Å². The Hall–Kier alpha value is -2.66. The summed E-state index contributed by atoms with van der Waals surface area (Å²) in [6.07, 6.45) is 1.74. The molecule has 0 aliphatic rings. The van der Waals surface area contributed by atoms with Gasteiger partial charge in [0.2, 0.25) is 5.91 Å². The molecule has 0 saturated carbocycles. The summed E-state index contributed by atoms with van der Waals surface area (Å²) in [6, 6.07) is 15.8. The number of anilines is 1. The Balaban J connectivity index is 1.57. The molecular weight excluding hydrogens is 276 g/mol. The highest BCUT2D eigenvalue weighted by atomic mass is 16.2. The summed E-state index contributed by atoms with van der Waals surface area (Å²) in [6.45, 7) is 1.09. The van der Waals surface area contributed by atoms with Gasteiger partial charge in [-0.05, 0) is 30.8 Å². The molecule has 1 amide bonds. The van der Waals surface area contributed by atoms with Gasteiger partial charge in [-0.15, -0.1) is 0 Å². The van der Waals surface area contributed by atoms with Crippen LogP contribution in [0.1, 0.15) is 5.56 Å². The fourth-order valence-electron chi connectivity index (χ4n) is 2.42. The Morgan fingerprint density at radius 1 is 1.23 bits per heavy atom. The SMILES string of the molecule is CN(CC(=O)Nc1ccc2[nH]ncc2c1)Cc1ccccc1. The van der Waals surface area contributed by atoms with Crippen molar-refractivity contribution in [2.75, 3.05) is 18.9 Å². The minimum Gasteiger partial charge on any atom is -0.325 e. The third kappa shape index (κ3) is 3.51.